The molecule has 2 aromatic carbocycles. The van der Waals surface area contributed by atoms with Crippen LogP contribution in [0.3, 0.4) is 0 Å². The lowest BCUT2D eigenvalue weighted by Gasteiger charge is -2.34. The second-order valence-corrected chi connectivity index (χ2v) is 6.63. The minimum Gasteiger partial charge on any atom is -0.353 e. The Hall–Kier alpha value is -3.13. The summed E-state index contributed by atoms with van der Waals surface area (Å²) in [6.07, 6.45) is -0.225. The number of piperazine rings is 1. The van der Waals surface area contributed by atoms with Gasteiger partial charge in [0.2, 0.25) is 11.8 Å². The number of benzene rings is 2. The van der Waals surface area contributed by atoms with Crippen molar-refractivity contribution < 1.29 is 18.8 Å². The molecule has 146 valence electrons. The smallest absolute Gasteiger partial charge is 0.322 e. The Balaban J connectivity index is 1.66. The molecule has 1 aliphatic rings. The zero-order chi connectivity index (χ0) is 20.1. The lowest BCUT2D eigenvalue weighted by Crippen LogP contribution is -2.59. The summed E-state index contributed by atoms with van der Waals surface area (Å²) in [5.41, 5.74) is 0.926. The number of amides is 4. The molecule has 9 heteroatoms. The van der Waals surface area contributed by atoms with Crippen LogP contribution in [-0.2, 0) is 9.59 Å². The highest BCUT2D eigenvalue weighted by Gasteiger charge is 2.34. The summed E-state index contributed by atoms with van der Waals surface area (Å²) in [6, 6.07) is 10.4. The van der Waals surface area contributed by atoms with E-state index in [4.69, 9.17) is 11.6 Å². The van der Waals surface area contributed by atoms with Gasteiger partial charge in [-0.1, -0.05) is 11.6 Å². The zero-order valence-corrected chi connectivity index (χ0v) is 15.5. The largest absolute Gasteiger partial charge is 0.353 e. The molecule has 0 radical (unpaired) electrons. The predicted molar refractivity (Wildman–Crippen MR) is 104 cm³/mol. The molecule has 28 heavy (non-hydrogen) atoms. The molecule has 0 aliphatic carbocycles. The van der Waals surface area contributed by atoms with E-state index in [-0.39, 0.29) is 13.0 Å². The van der Waals surface area contributed by atoms with Crippen molar-refractivity contribution in [3.63, 3.8) is 0 Å². The Bertz CT molecular complexity index is 874. The molecule has 3 rings (SSSR count). The van der Waals surface area contributed by atoms with Crippen LogP contribution in [0.5, 0.6) is 0 Å². The maximum absolute atomic E-state index is 13.0. The third-order valence-corrected chi connectivity index (χ3v) is 4.45. The van der Waals surface area contributed by atoms with E-state index < -0.39 is 29.7 Å². The van der Waals surface area contributed by atoms with Crippen LogP contribution in [0.1, 0.15) is 6.42 Å². The molecular weight excluding hydrogens is 387 g/mol. The van der Waals surface area contributed by atoms with Crippen LogP contribution in [0.25, 0.3) is 0 Å². The molecular formula is C19H18ClFN4O3. The minimum absolute atomic E-state index is 0.225. The zero-order valence-electron chi connectivity index (χ0n) is 14.7. The quantitative estimate of drug-likeness (QED) is 0.731. The van der Waals surface area contributed by atoms with Crippen molar-refractivity contribution >= 4 is 40.8 Å². The van der Waals surface area contributed by atoms with E-state index in [1.165, 1.54) is 29.2 Å². The first kappa shape index (κ1) is 19.6. The summed E-state index contributed by atoms with van der Waals surface area (Å²) >= 11 is 5.83. The highest BCUT2D eigenvalue weighted by molar-refractivity contribution is 6.30. The van der Waals surface area contributed by atoms with Gasteiger partial charge >= 0.3 is 6.03 Å². The average Bonchev–Trinajstić information content (AvgIpc) is 2.67. The van der Waals surface area contributed by atoms with Crippen molar-refractivity contribution in [3.8, 4) is 0 Å². The Labute approximate surface area is 165 Å². The standard InChI is InChI=1S/C19H18ClFN4O3/c20-12-1-5-15(6-2-12)24-19(28)25-10-9-22-18(27)16(25)11-17(26)23-14-7-3-13(21)4-8-14/h1-8,16H,9-11H2,(H,22,27)(H,23,26)(H,24,28)/t16-/m1/s1. The van der Waals surface area contributed by atoms with Gasteiger partial charge in [-0.2, -0.15) is 0 Å². The predicted octanol–water partition coefficient (Wildman–Crippen LogP) is 2.84. The first-order valence-electron chi connectivity index (χ1n) is 8.59. The molecule has 4 amide bonds. The van der Waals surface area contributed by atoms with Crippen molar-refractivity contribution in [2.45, 2.75) is 12.5 Å². The van der Waals surface area contributed by atoms with E-state index in [0.29, 0.717) is 22.9 Å². The number of anilines is 2. The molecule has 2 aromatic rings. The third kappa shape index (κ3) is 4.98. The molecule has 0 saturated carbocycles. The number of urea groups is 1. The second-order valence-electron chi connectivity index (χ2n) is 6.20. The first-order valence-corrected chi connectivity index (χ1v) is 8.96. The van der Waals surface area contributed by atoms with Gasteiger partial charge in [-0.3, -0.25) is 9.59 Å². The summed E-state index contributed by atoms with van der Waals surface area (Å²) < 4.78 is 13.0. The van der Waals surface area contributed by atoms with E-state index in [2.05, 4.69) is 16.0 Å². The normalized spacial score (nSPS) is 16.3. The Morgan fingerprint density at radius 3 is 2.36 bits per heavy atom. The molecule has 3 N–H and O–H groups in total. The number of nitrogens with zero attached hydrogens (tertiary/aromatic N) is 1. The Morgan fingerprint density at radius 2 is 1.68 bits per heavy atom. The summed E-state index contributed by atoms with van der Waals surface area (Å²) in [5.74, 6) is -1.29. The van der Waals surface area contributed by atoms with Crippen molar-refractivity contribution in [2.24, 2.45) is 0 Å². The monoisotopic (exact) mass is 404 g/mol. The molecule has 1 heterocycles. The van der Waals surface area contributed by atoms with Gasteiger partial charge < -0.3 is 20.9 Å². The van der Waals surface area contributed by atoms with E-state index in [1.807, 2.05) is 0 Å². The topological polar surface area (TPSA) is 90.5 Å². The number of carbonyl (C=O) groups excluding carboxylic acids is 3. The van der Waals surface area contributed by atoms with E-state index >= 15 is 0 Å². The van der Waals surface area contributed by atoms with E-state index in [0.717, 1.165) is 0 Å². The maximum Gasteiger partial charge on any atom is 0.322 e. The third-order valence-electron chi connectivity index (χ3n) is 4.19. The van der Waals surface area contributed by atoms with Crippen molar-refractivity contribution in [1.29, 1.82) is 0 Å². The van der Waals surface area contributed by atoms with E-state index in [9.17, 15) is 18.8 Å². The van der Waals surface area contributed by atoms with Crippen LogP contribution in [0, 0.1) is 5.82 Å². The highest BCUT2D eigenvalue weighted by Crippen LogP contribution is 2.17. The van der Waals surface area contributed by atoms with Crippen LogP contribution in [0.2, 0.25) is 5.02 Å². The van der Waals surface area contributed by atoms with Crippen LogP contribution in [0.4, 0.5) is 20.6 Å². The maximum atomic E-state index is 13.0. The van der Waals surface area contributed by atoms with Crippen LogP contribution in [0.15, 0.2) is 48.5 Å². The SMILES string of the molecule is O=C(C[C@@H]1C(=O)NCCN1C(=O)Nc1ccc(Cl)cc1)Nc1ccc(F)cc1. The Morgan fingerprint density at radius 1 is 1.07 bits per heavy atom. The molecule has 0 bridgehead atoms. The highest BCUT2D eigenvalue weighted by atomic mass is 35.5. The first-order chi connectivity index (χ1) is 13.4. The summed E-state index contributed by atoms with van der Waals surface area (Å²) in [7, 11) is 0. The number of hydrogen-bond donors (Lipinski definition) is 3. The van der Waals surface area contributed by atoms with Crippen molar-refractivity contribution in [3.05, 3.63) is 59.4 Å². The number of carbonyl (C=O) groups is 3. The molecule has 1 aliphatic heterocycles. The molecule has 0 spiro atoms. The molecule has 0 unspecified atom stereocenters. The number of hydrogen-bond acceptors (Lipinski definition) is 3. The number of rotatable bonds is 4. The van der Waals surface area contributed by atoms with Crippen LogP contribution < -0.4 is 16.0 Å². The van der Waals surface area contributed by atoms with E-state index in [1.54, 1.807) is 24.3 Å². The average molecular weight is 405 g/mol. The second kappa shape index (κ2) is 8.71. The van der Waals surface area contributed by atoms with Crippen LogP contribution in [-0.4, -0.2) is 41.9 Å². The van der Waals surface area contributed by atoms with Crippen molar-refractivity contribution in [2.75, 3.05) is 23.7 Å². The molecule has 7 nitrogen and oxygen atoms in total. The summed E-state index contributed by atoms with van der Waals surface area (Å²) in [4.78, 5) is 38.5. The van der Waals surface area contributed by atoms with Gasteiger partial charge in [0.05, 0.1) is 6.42 Å². The fourth-order valence-electron chi connectivity index (χ4n) is 2.81. The summed E-state index contributed by atoms with van der Waals surface area (Å²) in [5, 5.41) is 8.48. The molecule has 1 atom stereocenters. The van der Waals surface area contributed by atoms with Gasteiger partial charge in [0.1, 0.15) is 11.9 Å². The van der Waals surface area contributed by atoms with Gasteiger partial charge in [-0.05, 0) is 48.5 Å². The van der Waals surface area contributed by atoms with Gasteiger partial charge in [-0.15, -0.1) is 0 Å². The van der Waals surface area contributed by atoms with Gasteiger partial charge in [0.25, 0.3) is 0 Å². The lowest BCUT2D eigenvalue weighted by atomic mass is 10.1. The molecule has 1 saturated heterocycles. The fraction of sp³-hybridized carbons (Fsp3) is 0.211. The molecule has 1 fully saturated rings. The number of nitrogens with one attached hydrogen (secondary N) is 3. The molecule has 0 aromatic heterocycles. The fourth-order valence-corrected chi connectivity index (χ4v) is 2.94. The Kier molecular flexibility index (Phi) is 6.10. The lowest BCUT2D eigenvalue weighted by molar-refractivity contribution is -0.130. The van der Waals surface area contributed by atoms with Gasteiger partial charge in [0.15, 0.2) is 0 Å². The summed E-state index contributed by atoms with van der Waals surface area (Å²) in [6.45, 7) is 0.558. The van der Waals surface area contributed by atoms with Gasteiger partial charge in [0, 0.05) is 29.5 Å². The minimum atomic E-state index is -0.957. The van der Waals surface area contributed by atoms with Crippen LogP contribution >= 0.6 is 11.6 Å². The number of halogens is 2. The van der Waals surface area contributed by atoms with Crippen molar-refractivity contribution in [1.82, 2.24) is 10.2 Å². The van der Waals surface area contributed by atoms with Gasteiger partial charge in [-0.25, -0.2) is 9.18 Å².